The van der Waals surface area contributed by atoms with Crippen molar-refractivity contribution < 1.29 is 19.1 Å². The van der Waals surface area contributed by atoms with Crippen LogP contribution in [-0.2, 0) is 25.5 Å². The predicted molar refractivity (Wildman–Crippen MR) is 176 cm³/mol. The molecule has 5 rings (SSSR count). The van der Waals surface area contributed by atoms with Crippen LogP contribution in [-0.4, -0.2) is 41.1 Å². The smallest absolute Gasteiger partial charge is 0.310 e. The predicted octanol–water partition coefficient (Wildman–Crippen LogP) is 5.20. The van der Waals surface area contributed by atoms with Crippen LogP contribution in [0.3, 0.4) is 0 Å². The van der Waals surface area contributed by atoms with Gasteiger partial charge in [-0.3, -0.25) is 9.59 Å². The first-order valence-electron chi connectivity index (χ1n) is 15.3. The fraction of sp³-hybridized carbons (Fsp3) is 0.389. The Morgan fingerprint density at radius 2 is 1.55 bits per heavy atom. The third-order valence-electron chi connectivity index (χ3n) is 9.66. The maximum Gasteiger partial charge on any atom is 0.310 e. The van der Waals surface area contributed by atoms with Crippen molar-refractivity contribution in [2.24, 2.45) is 11.8 Å². The summed E-state index contributed by atoms with van der Waals surface area (Å²) < 4.78 is 10.2. The van der Waals surface area contributed by atoms with Crippen molar-refractivity contribution in [1.29, 1.82) is 0 Å². The largest absolute Gasteiger partial charge is 0.469 e. The molecule has 4 N–H and O–H groups in total. The lowest BCUT2D eigenvalue weighted by atomic mass is 9.85. The Hall–Kier alpha value is -4.46. The Labute approximate surface area is 259 Å². The Bertz CT molecular complexity index is 1840. The summed E-state index contributed by atoms with van der Waals surface area (Å²) in [5, 5.41) is 5.82. The van der Waals surface area contributed by atoms with E-state index in [4.69, 9.17) is 9.47 Å². The van der Waals surface area contributed by atoms with E-state index in [1.54, 1.807) is 0 Å². The minimum atomic E-state index is -0.327. The summed E-state index contributed by atoms with van der Waals surface area (Å²) in [7, 11) is 2.83. The number of carbonyl (C=O) groups excluding carboxylic acids is 2. The number of nitrogens with one attached hydrogen (secondary N) is 4. The Balaban J connectivity index is 1.88. The molecule has 0 aromatic carbocycles. The van der Waals surface area contributed by atoms with Gasteiger partial charge in [0.15, 0.2) is 0 Å². The van der Waals surface area contributed by atoms with Crippen LogP contribution in [0.25, 0.3) is 29.9 Å². The van der Waals surface area contributed by atoms with Gasteiger partial charge in [-0.25, -0.2) is 0 Å². The van der Waals surface area contributed by atoms with E-state index in [-0.39, 0.29) is 36.6 Å². The average molecular weight is 597 g/mol. The van der Waals surface area contributed by atoms with Crippen LogP contribution in [0.4, 0.5) is 0 Å². The lowest BCUT2D eigenvalue weighted by Gasteiger charge is -2.19. The summed E-state index contributed by atoms with van der Waals surface area (Å²) in [5.74, 6) is -0.589. The maximum absolute atomic E-state index is 12.9. The highest BCUT2D eigenvalue weighted by Crippen LogP contribution is 2.42. The first kappa shape index (κ1) is 31.0. The topological polar surface area (TPSA) is 112 Å². The van der Waals surface area contributed by atoms with Crippen molar-refractivity contribution in [2.75, 3.05) is 14.2 Å². The van der Waals surface area contributed by atoms with Crippen LogP contribution in [0.2, 0.25) is 0 Å². The number of methoxy groups -OCH3 is 2. The molecule has 8 bridgehead atoms. The fourth-order valence-electron chi connectivity index (χ4n) is 6.78. The van der Waals surface area contributed by atoms with Crippen LogP contribution in [0.15, 0.2) is 18.0 Å². The van der Waals surface area contributed by atoms with E-state index in [1.807, 2.05) is 6.08 Å². The van der Waals surface area contributed by atoms with E-state index in [0.29, 0.717) is 6.42 Å². The second-order valence-corrected chi connectivity index (χ2v) is 11.9. The number of hydrogen-bond acceptors (Lipinski definition) is 5. The number of aromatic amines is 3. The number of aromatic nitrogens is 3. The molecule has 1 fully saturated rings. The molecule has 2 aliphatic heterocycles. The zero-order valence-electron chi connectivity index (χ0n) is 27.1. The molecule has 0 aliphatic carbocycles. The van der Waals surface area contributed by atoms with Gasteiger partial charge in [0.1, 0.15) is 0 Å². The molecule has 2 aliphatic rings. The lowest BCUT2D eigenvalue weighted by molar-refractivity contribution is -0.141. The molecule has 0 spiro atoms. The number of allylic oxidation sites excluding steroid dienone is 2. The molecule has 5 heterocycles. The zero-order valence-corrected chi connectivity index (χ0v) is 27.1. The quantitative estimate of drug-likeness (QED) is 0.280. The standard InChI is InChI=1S/C36H44N4O4/c1-10-23-20(5)28-15-30-22(7)25(12-13-33(41)43-8)36(40-30)26(14-34(42)44-9)35-19(4)18(3)27(39-35)16-31-24(11-2)21(6)29(38-31)17-32(23)37-28/h10,15-17,22,25,37-40H,1,11-14H2,2-9H3. The van der Waals surface area contributed by atoms with E-state index >= 15 is 0 Å². The molecule has 0 radical (unpaired) electrons. The van der Waals surface area contributed by atoms with Crippen LogP contribution < -0.4 is 16.0 Å². The third kappa shape index (κ3) is 5.38. The van der Waals surface area contributed by atoms with Gasteiger partial charge in [-0.15, -0.1) is 0 Å². The Morgan fingerprint density at radius 3 is 2.20 bits per heavy atom. The summed E-state index contributed by atoms with van der Waals surface area (Å²) in [6.07, 6.45) is 10.2. The molecule has 1 saturated heterocycles. The van der Waals surface area contributed by atoms with Crippen molar-refractivity contribution in [3.8, 4) is 0 Å². The summed E-state index contributed by atoms with van der Waals surface area (Å²) in [6, 6.07) is 0. The molecule has 44 heavy (non-hydrogen) atoms. The minimum Gasteiger partial charge on any atom is -0.469 e. The van der Waals surface area contributed by atoms with Gasteiger partial charge in [0.2, 0.25) is 0 Å². The van der Waals surface area contributed by atoms with Gasteiger partial charge >= 0.3 is 11.9 Å². The van der Waals surface area contributed by atoms with Crippen LogP contribution >= 0.6 is 0 Å². The highest BCUT2D eigenvalue weighted by Gasteiger charge is 2.36. The lowest BCUT2D eigenvalue weighted by Crippen LogP contribution is -2.16. The van der Waals surface area contributed by atoms with Gasteiger partial charge in [-0.05, 0) is 86.6 Å². The number of carbonyl (C=O) groups is 2. The summed E-state index contributed by atoms with van der Waals surface area (Å²) in [6.45, 7) is 16.9. The average Bonchev–Trinajstić information content (AvgIpc) is 3.68. The van der Waals surface area contributed by atoms with Crippen molar-refractivity contribution in [3.63, 3.8) is 0 Å². The molecule has 8 nitrogen and oxygen atoms in total. The van der Waals surface area contributed by atoms with E-state index in [1.165, 1.54) is 25.3 Å². The summed E-state index contributed by atoms with van der Waals surface area (Å²) in [4.78, 5) is 36.2. The van der Waals surface area contributed by atoms with Gasteiger partial charge in [-0.2, -0.15) is 0 Å². The molecule has 3 aromatic rings. The first-order chi connectivity index (χ1) is 21.0. The molecule has 0 amide bonds. The molecule has 232 valence electrons. The molecule has 8 heteroatoms. The second kappa shape index (κ2) is 12.3. The van der Waals surface area contributed by atoms with Gasteiger partial charge < -0.3 is 29.7 Å². The zero-order chi connectivity index (χ0) is 31.9. The van der Waals surface area contributed by atoms with Crippen LogP contribution in [0.5, 0.6) is 0 Å². The first-order valence-corrected chi connectivity index (χ1v) is 15.3. The maximum atomic E-state index is 12.9. The number of hydrogen-bond donors (Lipinski definition) is 4. The fourth-order valence-corrected chi connectivity index (χ4v) is 6.78. The van der Waals surface area contributed by atoms with Gasteiger partial charge in [-0.1, -0.05) is 26.5 Å². The molecular weight excluding hydrogens is 552 g/mol. The van der Waals surface area contributed by atoms with E-state index in [2.05, 4.69) is 86.6 Å². The third-order valence-corrected chi connectivity index (χ3v) is 9.66. The number of ether oxygens (including phenoxy) is 2. The normalized spacial score (nSPS) is 17.4. The van der Waals surface area contributed by atoms with Crippen molar-refractivity contribution in [3.05, 3.63) is 84.8 Å². The summed E-state index contributed by atoms with van der Waals surface area (Å²) in [5.41, 5.74) is 13.4. The SMILES string of the molecule is C=Cc1c2[nH]c(c1C)C=C1NC(=C(CC(=O)OC)c3[nH]c(c(C)c3C)C=c3[nH]c(c(C)c3CC)=C2)C(CCC(=O)OC)C1C. The molecule has 0 saturated carbocycles. The van der Waals surface area contributed by atoms with Gasteiger partial charge in [0, 0.05) is 74.3 Å². The van der Waals surface area contributed by atoms with Crippen molar-refractivity contribution >= 4 is 41.8 Å². The Kier molecular flexibility index (Phi) is 8.64. The van der Waals surface area contributed by atoms with E-state index in [9.17, 15) is 9.59 Å². The van der Waals surface area contributed by atoms with Gasteiger partial charge in [0.05, 0.1) is 20.6 Å². The summed E-state index contributed by atoms with van der Waals surface area (Å²) >= 11 is 0. The minimum absolute atomic E-state index is 0.0441. The van der Waals surface area contributed by atoms with Gasteiger partial charge in [0.25, 0.3) is 0 Å². The van der Waals surface area contributed by atoms with Crippen molar-refractivity contribution in [2.45, 2.75) is 67.2 Å². The van der Waals surface area contributed by atoms with Crippen LogP contribution in [0, 0.1) is 39.5 Å². The molecular formula is C36H44N4O4. The van der Waals surface area contributed by atoms with E-state index < -0.39 is 0 Å². The second-order valence-electron chi connectivity index (χ2n) is 11.9. The molecule has 2 atom stereocenters. The molecule has 2 unspecified atom stereocenters. The monoisotopic (exact) mass is 596 g/mol. The Morgan fingerprint density at radius 1 is 0.864 bits per heavy atom. The van der Waals surface area contributed by atoms with Crippen LogP contribution in [0.1, 0.15) is 89.3 Å². The number of fused-ring (bicyclic) bond motifs is 8. The molecule has 3 aromatic heterocycles. The number of esters is 2. The number of H-pyrrole nitrogens is 3. The van der Waals surface area contributed by atoms with Crippen molar-refractivity contribution in [1.82, 2.24) is 20.3 Å². The highest BCUT2D eigenvalue weighted by molar-refractivity contribution is 5.88. The van der Waals surface area contributed by atoms with E-state index in [0.717, 1.165) is 79.1 Å². The highest BCUT2D eigenvalue weighted by atomic mass is 16.5. The number of rotatable bonds is 7.